The highest BCUT2D eigenvalue weighted by atomic mass is 35.5. The summed E-state index contributed by atoms with van der Waals surface area (Å²) >= 11 is 6.08. The molecule has 334 valence electrons. The van der Waals surface area contributed by atoms with Gasteiger partial charge in [0.05, 0.1) is 9.82 Å². The number of halogens is 1. The molecule has 0 unspecified atom stereocenters. The number of aromatic amines is 1. The quantitative estimate of drug-likeness (QED) is 0.0815. The predicted octanol–water partition coefficient (Wildman–Crippen LogP) is 8.88. The molecule has 2 fully saturated rings. The van der Waals surface area contributed by atoms with Crippen molar-refractivity contribution in [2.45, 2.75) is 64.2 Å². The van der Waals surface area contributed by atoms with Crippen LogP contribution in [0.2, 0.25) is 5.02 Å². The molecule has 2 aromatic heterocycles. The number of hydrogen-bond acceptors (Lipinski definition) is 10. The molecule has 2 aliphatic heterocycles. The van der Waals surface area contributed by atoms with Gasteiger partial charge in [-0.25, -0.2) is 18.1 Å². The van der Waals surface area contributed by atoms with E-state index in [0.29, 0.717) is 43.1 Å². The maximum Gasteiger partial charge on any atom is 0.293 e. The number of ether oxygens (including phenoxy) is 1. The Bertz CT molecular complexity index is 2560. The Labute approximate surface area is 375 Å². The number of hydrogen-bond donors (Lipinski definition) is 3. The van der Waals surface area contributed by atoms with Gasteiger partial charge in [-0.3, -0.25) is 19.8 Å². The molecule has 0 radical (unpaired) electrons. The fourth-order valence-electron chi connectivity index (χ4n) is 8.55. The SMILES string of the molecule is CN1CCN(CC2=C(c3ccc(Cl)cc3)CC(C)(C)CC2)CC1.Cc1ccc(C(=O)NS(=O)(=O)c2ccc(NCC3CCOCC3)c([N+](=O)[O-])c2)c(Cc2cnc3[nH]ccc3c2)c1. The van der Waals surface area contributed by atoms with E-state index in [-0.39, 0.29) is 21.8 Å². The van der Waals surface area contributed by atoms with Crippen molar-refractivity contribution in [3.63, 3.8) is 0 Å². The van der Waals surface area contributed by atoms with Crippen molar-refractivity contribution in [1.29, 1.82) is 0 Å². The lowest BCUT2D eigenvalue weighted by Crippen LogP contribution is -2.45. The highest BCUT2D eigenvalue weighted by Crippen LogP contribution is 2.43. The number of H-pyrrole nitrogens is 1. The molecule has 1 amide bonds. The second-order valence-corrected chi connectivity index (χ2v) is 20.0. The minimum Gasteiger partial charge on any atom is -0.381 e. The number of aromatic nitrogens is 2. The zero-order valence-corrected chi connectivity index (χ0v) is 38.2. The minimum atomic E-state index is -4.40. The first-order chi connectivity index (χ1) is 30.1. The Morgan fingerprint density at radius 1 is 1.02 bits per heavy atom. The Morgan fingerprint density at radius 2 is 1.76 bits per heavy atom. The standard InChI is InChI=1S/C28H29N5O6S.C20H29ClN2/c1-18-2-4-24(22(12-18)14-20-13-21-6-9-29-27(21)31-17-20)28(34)32-40(37,38)23-3-5-25(26(15-23)33(35)36)30-16-19-7-10-39-11-8-19;1-20(2)9-8-17(15-23-12-10-22(3)11-13-23)19(14-20)16-4-6-18(21)7-5-16/h2-6,9,12-13,15,17,19,30H,7-8,10-11,14,16H2,1H3,(H,29,31)(H,32,34);4-7H,8-15H2,1-3H3. The van der Waals surface area contributed by atoms with Crippen LogP contribution in [0.3, 0.4) is 0 Å². The van der Waals surface area contributed by atoms with Crippen molar-refractivity contribution >= 4 is 55.5 Å². The van der Waals surface area contributed by atoms with Crippen LogP contribution in [0.4, 0.5) is 11.4 Å². The monoisotopic (exact) mass is 895 g/mol. The number of fused-ring (bicyclic) bond motifs is 1. The fourth-order valence-corrected chi connectivity index (χ4v) is 9.66. The molecule has 0 spiro atoms. The maximum atomic E-state index is 13.2. The van der Waals surface area contributed by atoms with Gasteiger partial charge in [0.2, 0.25) is 0 Å². The largest absolute Gasteiger partial charge is 0.381 e. The van der Waals surface area contributed by atoms with Crippen LogP contribution >= 0.6 is 11.6 Å². The molecule has 5 aromatic rings. The number of sulfonamides is 1. The van der Waals surface area contributed by atoms with Crippen molar-refractivity contribution < 1.29 is 22.9 Å². The molecule has 2 saturated heterocycles. The maximum absolute atomic E-state index is 13.2. The van der Waals surface area contributed by atoms with Crippen molar-refractivity contribution in [1.82, 2.24) is 24.5 Å². The van der Waals surface area contributed by atoms with E-state index >= 15 is 0 Å². The van der Waals surface area contributed by atoms with Crippen LogP contribution in [-0.2, 0) is 21.2 Å². The van der Waals surface area contributed by atoms with E-state index in [2.05, 4.69) is 62.8 Å². The highest BCUT2D eigenvalue weighted by molar-refractivity contribution is 7.90. The number of nitrogens with one attached hydrogen (secondary N) is 3. The lowest BCUT2D eigenvalue weighted by molar-refractivity contribution is -0.384. The summed E-state index contributed by atoms with van der Waals surface area (Å²) in [7, 11) is -2.18. The van der Waals surface area contributed by atoms with Crippen molar-refractivity contribution in [3.8, 4) is 0 Å². The van der Waals surface area contributed by atoms with Gasteiger partial charge >= 0.3 is 0 Å². The number of nitro benzene ring substituents is 1. The number of carbonyl (C=O) groups excluding carboxylic acids is 1. The van der Waals surface area contributed by atoms with Gasteiger partial charge < -0.3 is 19.9 Å². The molecule has 13 nitrogen and oxygen atoms in total. The fraction of sp³-hybridized carbons (Fsp3) is 0.417. The third-order valence-corrected chi connectivity index (χ3v) is 14.0. The van der Waals surface area contributed by atoms with Gasteiger partial charge in [0, 0.05) is 86.9 Å². The minimum absolute atomic E-state index is 0.188. The molecule has 8 rings (SSSR count). The van der Waals surface area contributed by atoms with Crippen LogP contribution < -0.4 is 10.0 Å². The number of nitro groups is 1. The van der Waals surface area contributed by atoms with Crippen LogP contribution in [-0.4, -0.2) is 98.5 Å². The van der Waals surface area contributed by atoms with E-state index in [0.717, 1.165) is 52.6 Å². The van der Waals surface area contributed by atoms with Gasteiger partial charge in [-0.2, -0.15) is 0 Å². The average Bonchev–Trinajstić information content (AvgIpc) is 3.73. The first-order valence-electron chi connectivity index (χ1n) is 21.7. The lowest BCUT2D eigenvalue weighted by Gasteiger charge is -2.37. The van der Waals surface area contributed by atoms with Gasteiger partial charge in [0.25, 0.3) is 21.6 Å². The first kappa shape index (κ1) is 45.9. The number of allylic oxidation sites excluding steroid dienone is 1. The van der Waals surface area contributed by atoms with Crippen LogP contribution in [0, 0.1) is 28.4 Å². The van der Waals surface area contributed by atoms with Gasteiger partial charge in [-0.15, -0.1) is 0 Å². The van der Waals surface area contributed by atoms with Gasteiger partial charge in [0.1, 0.15) is 11.3 Å². The zero-order valence-electron chi connectivity index (χ0n) is 36.6. The number of benzene rings is 3. The van der Waals surface area contributed by atoms with Crippen molar-refractivity contribution in [2.75, 3.05) is 64.8 Å². The number of aryl methyl sites for hydroxylation is 1. The van der Waals surface area contributed by atoms with Crippen molar-refractivity contribution in [3.05, 3.63) is 134 Å². The second kappa shape index (κ2) is 20.2. The second-order valence-electron chi connectivity index (χ2n) is 17.9. The van der Waals surface area contributed by atoms with Gasteiger partial charge in [0.15, 0.2) is 0 Å². The van der Waals surface area contributed by atoms with E-state index in [9.17, 15) is 23.3 Å². The number of likely N-dealkylation sites (N-methyl/N-ethyl adjacent to an activating group) is 1. The Kier molecular flexibility index (Phi) is 14.7. The number of rotatable bonds is 12. The molecule has 4 heterocycles. The molecule has 15 heteroatoms. The highest BCUT2D eigenvalue weighted by Gasteiger charge is 2.30. The van der Waals surface area contributed by atoms with E-state index in [4.69, 9.17) is 16.3 Å². The zero-order chi connectivity index (χ0) is 44.7. The van der Waals surface area contributed by atoms with Crippen LogP contribution in [0.1, 0.15) is 78.6 Å². The Morgan fingerprint density at radius 3 is 2.49 bits per heavy atom. The Balaban J connectivity index is 0.000000219. The van der Waals surface area contributed by atoms with E-state index in [1.54, 1.807) is 35.7 Å². The molecule has 3 aromatic carbocycles. The van der Waals surface area contributed by atoms with Crippen LogP contribution in [0.5, 0.6) is 0 Å². The lowest BCUT2D eigenvalue weighted by atomic mass is 9.72. The van der Waals surface area contributed by atoms with E-state index in [1.807, 2.05) is 37.3 Å². The Hall–Kier alpha value is -5.12. The predicted molar refractivity (Wildman–Crippen MR) is 250 cm³/mol. The molecular formula is C48H58ClN7O6S. The number of amides is 1. The third kappa shape index (κ3) is 12.1. The molecule has 3 N–H and O–H groups in total. The van der Waals surface area contributed by atoms with E-state index in [1.165, 1.54) is 63.1 Å². The smallest absolute Gasteiger partial charge is 0.293 e. The van der Waals surface area contributed by atoms with Gasteiger partial charge in [-0.05, 0) is 129 Å². The summed E-state index contributed by atoms with van der Waals surface area (Å²) in [6, 6.07) is 21.0. The summed E-state index contributed by atoms with van der Waals surface area (Å²) in [5.74, 6) is -0.518. The third-order valence-electron chi connectivity index (χ3n) is 12.4. The van der Waals surface area contributed by atoms with Gasteiger partial charge in [-0.1, -0.05) is 60.9 Å². The summed E-state index contributed by atoms with van der Waals surface area (Å²) in [6.07, 6.45) is 9.25. The first-order valence-corrected chi connectivity index (χ1v) is 23.5. The average molecular weight is 897 g/mol. The van der Waals surface area contributed by atoms with Crippen LogP contribution in [0.25, 0.3) is 16.6 Å². The number of piperazine rings is 1. The summed E-state index contributed by atoms with van der Waals surface area (Å²) in [4.78, 5) is 36.4. The summed E-state index contributed by atoms with van der Waals surface area (Å²) in [5.41, 5.74) is 8.15. The number of anilines is 1. The summed E-state index contributed by atoms with van der Waals surface area (Å²) in [5, 5.41) is 16.6. The molecule has 1 aliphatic carbocycles. The molecular weight excluding hydrogens is 838 g/mol. The molecule has 0 bridgehead atoms. The summed E-state index contributed by atoms with van der Waals surface area (Å²) < 4.78 is 33.7. The molecule has 63 heavy (non-hydrogen) atoms. The number of carbonyl (C=O) groups is 1. The topological polar surface area (TPSA) is 163 Å². The normalized spacial score (nSPS) is 17.5. The number of nitrogens with zero attached hydrogens (tertiary/aromatic N) is 4. The van der Waals surface area contributed by atoms with E-state index < -0.39 is 20.9 Å². The van der Waals surface area contributed by atoms with Crippen LogP contribution in [0.15, 0.2) is 95.7 Å². The molecule has 3 aliphatic rings. The molecule has 0 atom stereocenters. The summed E-state index contributed by atoms with van der Waals surface area (Å²) in [6.45, 7) is 14.4. The van der Waals surface area contributed by atoms with Crippen molar-refractivity contribution in [2.24, 2.45) is 11.3 Å². The molecule has 0 saturated carbocycles. The number of pyridine rings is 1.